The highest BCUT2D eigenvalue weighted by atomic mass is 35.5. The second-order valence-electron chi connectivity index (χ2n) is 3.93. The van der Waals surface area contributed by atoms with E-state index in [-0.39, 0.29) is 17.9 Å². The van der Waals surface area contributed by atoms with Crippen molar-refractivity contribution in [3.05, 3.63) is 34.6 Å². The molecule has 0 aromatic heterocycles. The Morgan fingerprint density at radius 2 is 2.19 bits per heavy atom. The van der Waals surface area contributed by atoms with Gasteiger partial charge in [0.2, 0.25) is 0 Å². The molecule has 90 valence electrons. The van der Waals surface area contributed by atoms with Gasteiger partial charge in [-0.05, 0) is 32.0 Å². The fourth-order valence-corrected chi connectivity index (χ4v) is 1.89. The minimum absolute atomic E-state index is 0.0411. The highest BCUT2D eigenvalue weighted by Crippen LogP contribution is 2.20. The van der Waals surface area contributed by atoms with Crippen molar-refractivity contribution in [2.24, 2.45) is 5.73 Å². The second kappa shape index (κ2) is 6.18. The molecule has 1 aromatic carbocycles. The van der Waals surface area contributed by atoms with Crippen molar-refractivity contribution in [1.82, 2.24) is 5.32 Å². The lowest BCUT2D eigenvalue weighted by atomic mass is 10.0. The van der Waals surface area contributed by atoms with Crippen molar-refractivity contribution in [2.75, 3.05) is 6.54 Å². The molecule has 3 N–H and O–H groups in total. The predicted octanol–water partition coefficient (Wildman–Crippen LogP) is 2.35. The molecule has 0 amide bonds. The molecule has 0 fully saturated rings. The second-order valence-corrected chi connectivity index (χ2v) is 4.33. The molecule has 16 heavy (non-hydrogen) atoms. The first-order valence-corrected chi connectivity index (χ1v) is 5.86. The molecule has 0 aliphatic carbocycles. The molecule has 0 radical (unpaired) electrons. The minimum Gasteiger partial charge on any atom is -0.327 e. The predicted molar refractivity (Wildman–Crippen MR) is 66.2 cm³/mol. The zero-order valence-electron chi connectivity index (χ0n) is 9.63. The minimum atomic E-state index is -0.268. The number of nitrogens with two attached hydrogens (primary N) is 1. The fourth-order valence-electron chi connectivity index (χ4n) is 1.65. The summed E-state index contributed by atoms with van der Waals surface area (Å²) < 4.78 is 13.6. The summed E-state index contributed by atoms with van der Waals surface area (Å²) in [6.45, 7) is 4.71. The van der Waals surface area contributed by atoms with E-state index in [2.05, 4.69) is 5.32 Å². The van der Waals surface area contributed by atoms with Crippen molar-refractivity contribution in [3.8, 4) is 0 Å². The van der Waals surface area contributed by atoms with E-state index in [1.165, 1.54) is 6.07 Å². The topological polar surface area (TPSA) is 38.0 Å². The van der Waals surface area contributed by atoms with Crippen LogP contribution in [-0.4, -0.2) is 18.6 Å². The Bertz CT molecular complexity index is 322. The van der Waals surface area contributed by atoms with Crippen LogP contribution in [0.4, 0.5) is 4.39 Å². The normalized spacial score (nSPS) is 14.8. The van der Waals surface area contributed by atoms with E-state index in [0.29, 0.717) is 17.0 Å². The van der Waals surface area contributed by atoms with Gasteiger partial charge in [0.25, 0.3) is 0 Å². The first-order valence-electron chi connectivity index (χ1n) is 5.48. The number of likely N-dealkylation sites (N-methyl/N-ethyl adjacent to an activating group) is 1. The average molecular weight is 245 g/mol. The molecule has 0 saturated carbocycles. The van der Waals surface area contributed by atoms with Crippen LogP contribution in [0.3, 0.4) is 0 Å². The van der Waals surface area contributed by atoms with Gasteiger partial charge in [-0.25, -0.2) is 4.39 Å². The molecule has 0 aliphatic rings. The Labute approximate surface area is 101 Å². The van der Waals surface area contributed by atoms with Gasteiger partial charge in [-0.3, -0.25) is 0 Å². The van der Waals surface area contributed by atoms with Crippen molar-refractivity contribution in [3.63, 3.8) is 0 Å². The highest BCUT2D eigenvalue weighted by molar-refractivity contribution is 6.31. The van der Waals surface area contributed by atoms with Crippen molar-refractivity contribution in [2.45, 2.75) is 32.4 Å². The van der Waals surface area contributed by atoms with E-state index in [4.69, 9.17) is 17.3 Å². The van der Waals surface area contributed by atoms with Crippen molar-refractivity contribution < 1.29 is 4.39 Å². The van der Waals surface area contributed by atoms with Crippen molar-refractivity contribution >= 4 is 11.6 Å². The van der Waals surface area contributed by atoms with Gasteiger partial charge in [0.05, 0.1) is 0 Å². The average Bonchev–Trinajstić information content (AvgIpc) is 2.21. The van der Waals surface area contributed by atoms with Crippen LogP contribution in [0.25, 0.3) is 0 Å². The van der Waals surface area contributed by atoms with E-state index < -0.39 is 0 Å². The lowest BCUT2D eigenvalue weighted by Gasteiger charge is -2.22. The standard InChI is InChI=1S/C12H18ClFN2/c1-3-16-12(8(2)15)7-9-10(13)5-4-6-11(9)14/h4-6,8,12,16H,3,7,15H2,1-2H3. The summed E-state index contributed by atoms with van der Waals surface area (Å²) in [5.41, 5.74) is 6.38. The van der Waals surface area contributed by atoms with Crippen LogP contribution in [0.1, 0.15) is 19.4 Å². The Morgan fingerprint density at radius 3 is 2.69 bits per heavy atom. The molecule has 1 aromatic rings. The van der Waals surface area contributed by atoms with Crippen molar-refractivity contribution in [1.29, 1.82) is 0 Å². The van der Waals surface area contributed by atoms with E-state index >= 15 is 0 Å². The van der Waals surface area contributed by atoms with Gasteiger partial charge in [-0.2, -0.15) is 0 Å². The monoisotopic (exact) mass is 244 g/mol. The van der Waals surface area contributed by atoms with E-state index in [1.807, 2.05) is 13.8 Å². The maximum Gasteiger partial charge on any atom is 0.127 e. The van der Waals surface area contributed by atoms with Crippen LogP contribution in [0, 0.1) is 5.82 Å². The number of nitrogens with one attached hydrogen (secondary N) is 1. The summed E-state index contributed by atoms with van der Waals surface area (Å²) in [6, 6.07) is 4.72. The Hall–Kier alpha value is -0.640. The van der Waals surface area contributed by atoms with Gasteiger partial charge in [0.1, 0.15) is 5.82 Å². The summed E-state index contributed by atoms with van der Waals surface area (Å²) in [5, 5.41) is 3.70. The molecule has 0 aliphatic heterocycles. The molecule has 2 nitrogen and oxygen atoms in total. The van der Waals surface area contributed by atoms with Crippen LogP contribution in [0.2, 0.25) is 5.02 Å². The maximum atomic E-state index is 13.6. The van der Waals surface area contributed by atoms with Crippen LogP contribution in [-0.2, 0) is 6.42 Å². The third-order valence-electron chi connectivity index (χ3n) is 2.59. The van der Waals surface area contributed by atoms with Gasteiger partial charge in [0.15, 0.2) is 0 Å². The van der Waals surface area contributed by atoms with Gasteiger partial charge in [-0.15, -0.1) is 0 Å². The van der Waals surface area contributed by atoms with E-state index in [0.717, 1.165) is 6.54 Å². The number of hydrogen-bond donors (Lipinski definition) is 2. The third-order valence-corrected chi connectivity index (χ3v) is 2.94. The van der Waals surface area contributed by atoms with Gasteiger partial charge in [0, 0.05) is 22.7 Å². The zero-order chi connectivity index (χ0) is 12.1. The fraction of sp³-hybridized carbons (Fsp3) is 0.500. The summed E-state index contributed by atoms with van der Waals surface area (Å²) in [7, 11) is 0. The number of hydrogen-bond acceptors (Lipinski definition) is 2. The Kier molecular flexibility index (Phi) is 5.19. The molecule has 0 saturated heterocycles. The van der Waals surface area contributed by atoms with E-state index in [1.54, 1.807) is 12.1 Å². The van der Waals surface area contributed by atoms with E-state index in [9.17, 15) is 4.39 Å². The van der Waals surface area contributed by atoms with Crippen LogP contribution >= 0.6 is 11.6 Å². The lowest BCUT2D eigenvalue weighted by molar-refractivity contribution is 0.448. The first-order chi connectivity index (χ1) is 7.56. The molecule has 0 heterocycles. The summed E-state index contributed by atoms with van der Waals surface area (Å²) in [6.07, 6.45) is 0.511. The first kappa shape index (κ1) is 13.4. The van der Waals surface area contributed by atoms with Crippen LogP contribution < -0.4 is 11.1 Å². The lowest BCUT2D eigenvalue weighted by Crippen LogP contribution is -2.44. The summed E-state index contributed by atoms with van der Waals surface area (Å²) in [5.74, 6) is -0.268. The van der Waals surface area contributed by atoms with Crippen LogP contribution in [0.5, 0.6) is 0 Å². The van der Waals surface area contributed by atoms with Gasteiger partial charge < -0.3 is 11.1 Å². The molecule has 0 bridgehead atoms. The number of benzene rings is 1. The van der Waals surface area contributed by atoms with Gasteiger partial charge in [-0.1, -0.05) is 24.6 Å². The SMILES string of the molecule is CCNC(Cc1c(F)cccc1Cl)C(C)N. The molecular formula is C12H18ClFN2. The third kappa shape index (κ3) is 3.44. The van der Waals surface area contributed by atoms with Gasteiger partial charge >= 0.3 is 0 Å². The maximum absolute atomic E-state index is 13.6. The highest BCUT2D eigenvalue weighted by Gasteiger charge is 2.17. The number of halogens is 2. The molecule has 2 atom stereocenters. The number of rotatable bonds is 5. The van der Waals surface area contributed by atoms with Crippen LogP contribution in [0.15, 0.2) is 18.2 Å². The zero-order valence-corrected chi connectivity index (χ0v) is 10.4. The molecule has 0 spiro atoms. The summed E-state index contributed by atoms with van der Waals surface area (Å²) in [4.78, 5) is 0. The Morgan fingerprint density at radius 1 is 1.50 bits per heavy atom. The Balaban J connectivity index is 2.84. The molecule has 2 unspecified atom stereocenters. The smallest absolute Gasteiger partial charge is 0.127 e. The summed E-state index contributed by atoms with van der Waals surface area (Å²) >= 11 is 5.97. The molecule has 1 rings (SSSR count). The molecule has 4 heteroatoms. The quantitative estimate of drug-likeness (QED) is 0.835. The largest absolute Gasteiger partial charge is 0.327 e. The molecular weight excluding hydrogens is 227 g/mol.